The van der Waals surface area contributed by atoms with Crippen molar-refractivity contribution in [2.75, 3.05) is 0 Å². The third-order valence-corrected chi connectivity index (χ3v) is 3.52. The van der Waals surface area contributed by atoms with Crippen molar-refractivity contribution in [3.63, 3.8) is 0 Å². The molecule has 0 aromatic heterocycles. The summed E-state index contributed by atoms with van der Waals surface area (Å²) in [6, 6.07) is 0. The van der Waals surface area contributed by atoms with E-state index in [0.29, 0.717) is 12.8 Å². The maximum Gasteiger partial charge on any atom is 0.0760 e. The van der Waals surface area contributed by atoms with Gasteiger partial charge in [-0.3, -0.25) is 0 Å². The van der Waals surface area contributed by atoms with Crippen LogP contribution in [0.25, 0.3) is 0 Å². The maximum absolute atomic E-state index is 10.0. The Bertz CT molecular complexity index is 504. The van der Waals surface area contributed by atoms with E-state index in [-0.39, 0.29) is 0 Å². The Labute approximate surface area is 154 Å². The van der Waals surface area contributed by atoms with Gasteiger partial charge in [-0.25, -0.2) is 0 Å². The van der Waals surface area contributed by atoms with Crippen LogP contribution in [0.3, 0.4) is 0 Å². The molecule has 0 radical (unpaired) electrons. The molecule has 0 saturated heterocycles. The standard InChI is InChI=1S/C23H36O2/c1-5-7-9-10-11-13-15-23(25)19-21(4)17-16-20(3)18-22(24)14-12-8-6-2/h7-9,11-13,16-19,22-25H,5-6,10,14-15H2,1-4H3/b9-7-,12-8-,13-11-,17-16-,20-18+,21-19+/t22-,23-/m0/s1. The molecule has 0 aliphatic rings. The highest BCUT2D eigenvalue weighted by molar-refractivity contribution is 5.27. The first-order valence-electron chi connectivity index (χ1n) is 9.35. The second-order valence-electron chi connectivity index (χ2n) is 6.23. The highest BCUT2D eigenvalue weighted by atomic mass is 16.3. The SMILES string of the molecule is CC/C=C\C/C=C\C[C@H](O)/C=C(C)/C=C\C(C)=C\[C@@H](O)C/C=C\CC. The first-order chi connectivity index (χ1) is 12.0. The van der Waals surface area contributed by atoms with Gasteiger partial charge in [0.1, 0.15) is 0 Å². The molecule has 0 aromatic rings. The van der Waals surface area contributed by atoms with Gasteiger partial charge < -0.3 is 10.2 Å². The predicted molar refractivity (Wildman–Crippen MR) is 111 cm³/mol. The lowest BCUT2D eigenvalue weighted by Gasteiger charge is -2.04. The molecule has 0 amide bonds. The van der Waals surface area contributed by atoms with Crippen LogP contribution in [-0.4, -0.2) is 22.4 Å². The Kier molecular flexibility index (Phi) is 14.8. The Morgan fingerprint density at radius 2 is 1.08 bits per heavy atom. The van der Waals surface area contributed by atoms with Crippen molar-refractivity contribution < 1.29 is 10.2 Å². The number of aliphatic hydroxyl groups excluding tert-OH is 2. The molecule has 0 heterocycles. The van der Waals surface area contributed by atoms with E-state index in [0.717, 1.165) is 30.4 Å². The minimum absolute atomic E-state index is 0.450. The summed E-state index contributed by atoms with van der Waals surface area (Å²) >= 11 is 0. The van der Waals surface area contributed by atoms with Crippen LogP contribution in [0.2, 0.25) is 0 Å². The van der Waals surface area contributed by atoms with Gasteiger partial charge in [0.15, 0.2) is 0 Å². The number of hydrogen-bond acceptors (Lipinski definition) is 2. The molecule has 0 rings (SSSR count). The summed E-state index contributed by atoms with van der Waals surface area (Å²) in [5, 5.41) is 19.9. The van der Waals surface area contributed by atoms with Gasteiger partial charge in [0.25, 0.3) is 0 Å². The molecular formula is C23H36O2. The van der Waals surface area contributed by atoms with Gasteiger partial charge in [0.2, 0.25) is 0 Å². The van der Waals surface area contributed by atoms with E-state index >= 15 is 0 Å². The Morgan fingerprint density at radius 1 is 0.680 bits per heavy atom. The fourth-order valence-electron chi connectivity index (χ4n) is 2.19. The molecule has 0 aliphatic heterocycles. The first-order valence-corrected chi connectivity index (χ1v) is 9.35. The molecule has 0 aromatic carbocycles. The number of rotatable bonds is 12. The van der Waals surface area contributed by atoms with Gasteiger partial charge in [-0.1, -0.05) is 85.8 Å². The summed E-state index contributed by atoms with van der Waals surface area (Å²) in [6.45, 7) is 8.14. The molecule has 0 spiro atoms. The van der Waals surface area contributed by atoms with E-state index in [1.54, 1.807) is 0 Å². The van der Waals surface area contributed by atoms with Crippen LogP contribution in [0.5, 0.6) is 0 Å². The zero-order valence-corrected chi connectivity index (χ0v) is 16.4. The summed E-state index contributed by atoms with van der Waals surface area (Å²) in [5.74, 6) is 0. The smallest absolute Gasteiger partial charge is 0.0760 e. The molecule has 0 saturated carbocycles. The van der Waals surface area contributed by atoms with E-state index in [1.807, 2.05) is 50.3 Å². The normalized spacial score (nSPS) is 16.7. The fourth-order valence-corrected chi connectivity index (χ4v) is 2.19. The van der Waals surface area contributed by atoms with Gasteiger partial charge in [0, 0.05) is 0 Å². The molecule has 0 bridgehead atoms. The molecule has 0 aliphatic carbocycles. The largest absolute Gasteiger partial charge is 0.389 e. The van der Waals surface area contributed by atoms with Crippen LogP contribution in [0.4, 0.5) is 0 Å². The van der Waals surface area contributed by atoms with E-state index < -0.39 is 12.2 Å². The summed E-state index contributed by atoms with van der Waals surface area (Å²) in [6.07, 6.45) is 23.4. The zero-order valence-electron chi connectivity index (χ0n) is 16.4. The monoisotopic (exact) mass is 344 g/mol. The molecular weight excluding hydrogens is 308 g/mol. The topological polar surface area (TPSA) is 40.5 Å². The minimum Gasteiger partial charge on any atom is -0.389 e. The van der Waals surface area contributed by atoms with Crippen molar-refractivity contribution >= 4 is 0 Å². The van der Waals surface area contributed by atoms with Gasteiger partial charge in [-0.15, -0.1) is 0 Å². The third kappa shape index (κ3) is 15.6. The molecule has 2 atom stereocenters. The van der Waals surface area contributed by atoms with Crippen LogP contribution in [0.1, 0.15) is 59.8 Å². The van der Waals surface area contributed by atoms with E-state index in [1.165, 1.54) is 0 Å². The number of hydrogen-bond donors (Lipinski definition) is 2. The summed E-state index contributed by atoms with van der Waals surface area (Å²) in [7, 11) is 0. The van der Waals surface area contributed by atoms with E-state index in [9.17, 15) is 10.2 Å². The molecule has 140 valence electrons. The second-order valence-corrected chi connectivity index (χ2v) is 6.23. The average Bonchev–Trinajstić information content (AvgIpc) is 2.56. The van der Waals surface area contributed by atoms with E-state index in [2.05, 4.69) is 38.2 Å². The van der Waals surface area contributed by atoms with Crippen LogP contribution in [0, 0.1) is 0 Å². The van der Waals surface area contributed by atoms with Gasteiger partial charge in [0.05, 0.1) is 12.2 Å². The van der Waals surface area contributed by atoms with Gasteiger partial charge in [-0.05, 0) is 46.0 Å². The van der Waals surface area contributed by atoms with Gasteiger partial charge in [-0.2, -0.15) is 0 Å². The predicted octanol–water partition coefficient (Wildman–Crippen LogP) is 5.82. The van der Waals surface area contributed by atoms with Crippen molar-refractivity contribution in [1.82, 2.24) is 0 Å². The Hall–Kier alpha value is -1.64. The lowest BCUT2D eigenvalue weighted by Crippen LogP contribution is -2.01. The zero-order chi connectivity index (χ0) is 18.9. The molecule has 2 heteroatoms. The lowest BCUT2D eigenvalue weighted by atomic mass is 10.1. The first kappa shape index (κ1) is 23.4. The van der Waals surface area contributed by atoms with Crippen LogP contribution in [-0.2, 0) is 0 Å². The lowest BCUT2D eigenvalue weighted by molar-refractivity contribution is 0.225. The molecule has 0 fully saturated rings. The van der Waals surface area contributed by atoms with Gasteiger partial charge >= 0.3 is 0 Å². The van der Waals surface area contributed by atoms with Crippen LogP contribution >= 0.6 is 0 Å². The highest BCUT2D eigenvalue weighted by Crippen LogP contribution is 2.07. The molecule has 25 heavy (non-hydrogen) atoms. The van der Waals surface area contributed by atoms with Crippen molar-refractivity contribution in [3.8, 4) is 0 Å². The van der Waals surface area contributed by atoms with Crippen molar-refractivity contribution in [1.29, 1.82) is 0 Å². The van der Waals surface area contributed by atoms with Crippen molar-refractivity contribution in [3.05, 3.63) is 71.9 Å². The quantitative estimate of drug-likeness (QED) is 0.346. The molecule has 2 nitrogen and oxygen atoms in total. The third-order valence-electron chi connectivity index (χ3n) is 3.52. The van der Waals surface area contributed by atoms with Crippen molar-refractivity contribution in [2.45, 2.75) is 72.0 Å². The fraction of sp³-hybridized carbons (Fsp3) is 0.478. The number of allylic oxidation sites excluding steroid dienone is 8. The molecule has 2 N–H and O–H groups in total. The van der Waals surface area contributed by atoms with E-state index in [4.69, 9.17) is 0 Å². The number of aliphatic hydroxyl groups is 2. The highest BCUT2D eigenvalue weighted by Gasteiger charge is 1.98. The Morgan fingerprint density at radius 3 is 1.56 bits per heavy atom. The second kappa shape index (κ2) is 15.9. The molecule has 0 unspecified atom stereocenters. The Balaban J connectivity index is 4.36. The summed E-state index contributed by atoms with van der Waals surface area (Å²) < 4.78 is 0. The van der Waals surface area contributed by atoms with Crippen LogP contribution < -0.4 is 0 Å². The summed E-state index contributed by atoms with van der Waals surface area (Å²) in [5.41, 5.74) is 2.03. The van der Waals surface area contributed by atoms with Crippen molar-refractivity contribution in [2.24, 2.45) is 0 Å². The summed E-state index contributed by atoms with van der Waals surface area (Å²) in [4.78, 5) is 0. The van der Waals surface area contributed by atoms with Crippen LogP contribution in [0.15, 0.2) is 71.9 Å². The maximum atomic E-state index is 10.0. The minimum atomic E-state index is -0.467. The average molecular weight is 345 g/mol.